The van der Waals surface area contributed by atoms with E-state index >= 15 is 0 Å². The van der Waals surface area contributed by atoms with Crippen LogP contribution in [-0.2, 0) is 12.8 Å². The zero-order valence-electron chi connectivity index (χ0n) is 7.48. The molecular weight excluding hydrogens is 150 g/mol. The van der Waals surface area contributed by atoms with Crippen LogP contribution in [0.25, 0.3) is 0 Å². The summed E-state index contributed by atoms with van der Waals surface area (Å²) in [6, 6.07) is 2.10. The molecule has 1 aliphatic rings. The number of nitrogens with two attached hydrogens (primary N) is 1. The van der Waals surface area contributed by atoms with Crippen LogP contribution in [0.4, 0.5) is 5.69 Å². The van der Waals surface area contributed by atoms with Crippen LogP contribution in [0.3, 0.4) is 0 Å². The third kappa shape index (κ3) is 0.809. The predicted molar refractivity (Wildman–Crippen MR) is 49.6 cm³/mol. The van der Waals surface area contributed by atoms with Gasteiger partial charge < -0.3 is 10.5 Å². The average Bonchev–Trinajstić information content (AvgIpc) is 2.01. The largest absolute Gasteiger partial charge is 0.496 e. The van der Waals surface area contributed by atoms with Crippen molar-refractivity contribution in [2.75, 3.05) is 12.8 Å². The SMILES string of the molecule is COc1cc2c(c(N)c1C)CC2. The molecule has 1 aliphatic carbocycles. The lowest BCUT2D eigenvalue weighted by Crippen LogP contribution is -2.13. The van der Waals surface area contributed by atoms with Gasteiger partial charge in [-0.25, -0.2) is 0 Å². The van der Waals surface area contributed by atoms with Crippen LogP contribution in [0, 0.1) is 6.92 Å². The molecule has 12 heavy (non-hydrogen) atoms. The van der Waals surface area contributed by atoms with Gasteiger partial charge in [-0.3, -0.25) is 0 Å². The van der Waals surface area contributed by atoms with Crippen LogP contribution >= 0.6 is 0 Å². The van der Waals surface area contributed by atoms with Crippen LogP contribution in [0.2, 0.25) is 0 Å². The predicted octanol–water partition coefficient (Wildman–Crippen LogP) is 1.68. The fraction of sp³-hybridized carbons (Fsp3) is 0.400. The smallest absolute Gasteiger partial charge is 0.124 e. The Bertz CT molecular complexity index is 331. The minimum Gasteiger partial charge on any atom is -0.496 e. The van der Waals surface area contributed by atoms with Gasteiger partial charge in [0.2, 0.25) is 0 Å². The molecule has 1 aromatic rings. The van der Waals surface area contributed by atoms with E-state index < -0.39 is 0 Å². The van der Waals surface area contributed by atoms with Crippen molar-refractivity contribution in [3.63, 3.8) is 0 Å². The van der Waals surface area contributed by atoms with E-state index in [0.29, 0.717) is 0 Å². The standard InChI is InChI=1S/C10H13NO/c1-6-9(12-2)5-7-3-4-8(7)10(6)11/h5H,3-4,11H2,1-2H3. The van der Waals surface area contributed by atoms with Gasteiger partial charge in [-0.15, -0.1) is 0 Å². The normalized spacial score (nSPS) is 13.5. The molecule has 64 valence electrons. The van der Waals surface area contributed by atoms with Crippen LogP contribution in [-0.4, -0.2) is 7.11 Å². The molecule has 0 atom stereocenters. The Balaban J connectivity index is 2.61. The fourth-order valence-corrected chi connectivity index (χ4v) is 1.70. The molecule has 2 rings (SSSR count). The molecule has 2 heteroatoms. The van der Waals surface area contributed by atoms with E-state index in [-0.39, 0.29) is 0 Å². The van der Waals surface area contributed by atoms with E-state index in [9.17, 15) is 0 Å². The quantitative estimate of drug-likeness (QED) is 0.639. The summed E-state index contributed by atoms with van der Waals surface area (Å²) in [4.78, 5) is 0. The molecule has 0 amide bonds. The second-order valence-electron chi connectivity index (χ2n) is 3.26. The monoisotopic (exact) mass is 163 g/mol. The van der Waals surface area contributed by atoms with Gasteiger partial charge in [-0.2, -0.15) is 0 Å². The Morgan fingerprint density at radius 3 is 2.67 bits per heavy atom. The van der Waals surface area contributed by atoms with Crippen LogP contribution in [0.15, 0.2) is 6.07 Å². The highest BCUT2D eigenvalue weighted by molar-refractivity contribution is 5.65. The Labute approximate surface area is 72.3 Å². The Morgan fingerprint density at radius 1 is 1.42 bits per heavy atom. The van der Waals surface area contributed by atoms with Crippen LogP contribution < -0.4 is 10.5 Å². The van der Waals surface area contributed by atoms with Crippen LogP contribution in [0.1, 0.15) is 16.7 Å². The molecular formula is C10H13NO. The van der Waals surface area contributed by atoms with E-state index in [1.807, 2.05) is 6.92 Å². The van der Waals surface area contributed by atoms with E-state index in [1.165, 1.54) is 11.1 Å². The van der Waals surface area contributed by atoms with Crippen molar-refractivity contribution < 1.29 is 4.74 Å². The number of fused-ring (bicyclic) bond motifs is 1. The molecule has 0 aromatic heterocycles. The maximum absolute atomic E-state index is 5.93. The van der Waals surface area contributed by atoms with E-state index in [0.717, 1.165) is 29.8 Å². The number of nitrogen functional groups attached to an aromatic ring is 1. The van der Waals surface area contributed by atoms with Gasteiger partial charge in [0.25, 0.3) is 0 Å². The lowest BCUT2D eigenvalue weighted by atomic mass is 9.85. The number of hydrogen-bond donors (Lipinski definition) is 1. The molecule has 0 radical (unpaired) electrons. The maximum Gasteiger partial charge on any atom is 0.124 e. The number of hydrogen-bond acceptors (Lipinski definition) is 2. The summed E-state index contributed by atoms with van der Waals surface area (Å²) in [5.74, 6) is 0.922. The molecule has 0 fully saturated rings. The van der Waals surface area contributed by atoms with Crippen molar-refractivity contribution >= 4 is 5.69 Å². The topological polar surface area (TPSA) is 35.2 Å². The lowest BCUT2D eigenvalue weighted by Gasteiger charge is -2.23. The number of ether oxygens (including phenoxy) is 1. The summed E-state index contributed by atoms with van der Waals surface area (Å²) in [5, 5.41) is 0. The molecule has 2 N–H and O–H groups in total. The molecule has 0 heterocycles. The highest BCUT2D eigenvalue weighted by atomic mass is 16.5. The van der Waals surface area contributed by atoms with E-state index in [2.05, 4.69) is 6.07 Å². The third-order valence-electron chi connectivity index (χ3n) is 2.66. The zero-order chi connectivity index (χ0) is 8.72. The second-order valence-corrected chi connectivity index (χ2v) is 3.26. The Morgan fingerprint density at radius 2 is 2.17 bits per heavy atom. The minimum absolute atomic E-state index is 0.922. The molecule has 0 unspecified atom stereocenters. The molecule has 0 spiro atoms. The summed E-state index contributed by atoms with van der Waals surface area (Å²) >= 11 is 0. The fourth-order valence-electron chi connectivity index (χ4n) is 1.70. The Hall–Kier alpha value is -1.18. The number of aryl methyl sites for hydroxylation is 1. The van der Waals surface area contributed by atoms with Crippen molar-refractivity contribution in [3.05, 3.63) is 22.8 Å². The summed E-state index contributed by atoms with van der Waals surface area (Å²) in [6.07, 6.45) is 2.28. The number of benzene rings is 1. The first-order valence-corrected chi connectivity index (χ1v) is 4.19. The van der Waals surface area contributed by atoms with Gasteiger partial charge in [0.15, 0.2) is 0 Å². The molecule has 0 aliphatic heterocycles. The minimum atomic E-state index is 0.922. The second kappa shape index (κ2) is 2.41. The van der Waals surface area contributed by atoms with Crippen molar-refractivity contribution in [2.24, 2.45) is 0 Å². The molecule has 0 saturated carbocycles. The van der Waals surface area contributed by atoms with Crippen molar-refractivity contribution in [3.8, 4) is 5.75 Å². The van der Waals surface area contributed by atoms with Crippen LogP contribution in [0.5, 0.6) is 5.75 Å². The molecule has 0 bridgehead atoms. The highest BCUT2D eigenvalue weighted by Crippen LogP contribution is 2.36. The van der Waals surface area contributed by atoms with Crippen molar-refractivity contribution in [2.45, 2.75) is 19.8 Å². The van der Waals surface area contributed by atoms with Gasteiger partial charge in [0.1, 0.15) is 5.75 Å². The average molecular weight is 163 g/mol. The zero-order valence-corrected chi connectivity index (χ0v) is 7.48. The van der Waals surface area contributed by atoms with Gasteiger partial charge in [-0.1, -0.05) is 0 Å². The summed E-state index contributed by atoms with van der Waals surface area (Å²) in [5.41, 5.74) is 10.6. The first-order chi connectivity index (χ1) is 5.74. The van der Waals surface area contributed by atoms with E-state index in [4.69, 9.17) is 10.5 Å². The number of methoxy groups -OCH3 is 1. The van der Waals surface area contributed by atoms with Crippen molar-refractivity contribution in [1.82, 2.24) is 0 Å². The summed E-state index contributed by atoms with van der Waals surface area (Å²) < 4.78 is 5.22. The van der Waals surface area contributed by atoms with Crippen molar-refractivity contribution in [1.29, 1.82) is 0 Å². The lowest BCUT2D eigenvalue weighted by molar-refractivity contribution is 0.410. The van der Waals surface area contributed by atoms with E-state index in [1.54, 1.807) is 7.11 Å². The molecule has 1 aromatic carbocycles. The number of rotatable bonds is 1. The Kier molecular flexibility index (Phi) is 1.50. The summed E-state index contributed by atoms with van der Waals surface area (Å²) in [6.45, 7) is 2.01. The van der Waals surface area contributed by atoms with Gasteiger partial charge in [-0.05, 0) is 37.0 Å². The maximum atomic E-state index is 5.93. The van der Waals surface area contributed by atoms with Gasteiger partial charge in [0.05, 0.1) is 7.11 Å². The highest BCUT2D eigenvalue weighted by Gasteiger charge is 2.19. The van der Waals surface area contributed by atoms with Gasteiger partial charge in [0, 0.05) is 11.3 Å². The number of anilines is 1. The third-order valence-corrected chi connectivity index (χ3v) is 2.66. The first kappa shape index (κ1) is 7.47. The molecule has 0 saturated heterocycles. The summed E-state index contributed by atoms with van der Waals surface area (Å²) in [7, 11) is 1.69. The first-order valence-electron chi connectivity index (χ1n) is 4.19. The van der Waals surface area contributed by atoms with Gasteiger partial charge >= 0.3 is 0 Å². The molecule has 2 nitrogen and oxygen atoms in total.